The molecule has 0 radical (unpaired) electrons. The zero-order valence-corrected chi connectivity index (χ0v) is 12.7. The maximum absolute atomic E-state index is 6.01. The molecular formula is C16H26N2O2. The summed E-state index contributed by atoms with van der Waals surface area (Å²) in [5, 5.41) is 0. The second-order valence-electron chi connectivity index (χ2n) is 5.67. The number of rotatable bonds is 5. The van der Waals surface area contributed by atoms with Gasteiger partial charge >= 0.3 is 0 Å². The van der Waals surface area contributed by atoms with Crippen molar-refractivity contribution in [2.75, 3.05) is 26.2 Å². The first-order valence-corrected chi connectivity index (χ1v) is 7.42. The highest BCUT2D eigenvalue weighted by molar-refractivity contribution is 5.31. The van der Waals surface area contributed by atoms with Gasteiger partial charge in [-0.25, -0.2) is 0 Å². The molecule has 1 saturated heterocycles. The molecule has 1 aliphatic rings. The molecule has 2 atom stereocenters. The van der Waals surface area contributed by atoms with Crippen molar-refractivity contribution >= 4 is 0 Å². The van der Waals surface area contributed by atoms with Crippen LogP contribution in [-0.4, -0.2) is 43.3 Å². The molecule has 0 spiro atoms. The lowest BCUT2D eigenvalue weighted by Gasteiger charge is -2.37. The van der Waals surface area contributed by atoms with Crippen LogP contribution in [0.4, 0.5) is 0 Å². The highest BCUT2D eigenvalue weighted by Crippen LogP contribution is 2.25. The first-order valence-electron chi connectivity index (χ1n) is 7.42. The van der Waals surface area contributed by atoms with E-state index in [1.807, 2.05) is 26.0 Å². The van der Waals surface area contributed by atoms with Crippen molar-refractivity contribution in [1.82, 2.24) is 4.90 Å². The van der Waals surface area contributed by atoms with Crippen molar-refractivity contribution in [3.63, 3.8) is 0 Å². The summed E-state index contributed by atoms with van der Waals surface area (Å²) in [7, 11) is 0. The highest BCUT2D eigenvalue weighted by Gasteiger charge is 2.24. The molecule has 4 nitrogen and oxygen atoms in total. The van der Waals surface area contributed by atoms with E-state index in [4.69, 9.17) is 15.2 Å². The Kier molecular flexibility index (Phi) is 5.40. The normalized spacial score (nSPS) is 21.9. The molecule has 4 heteroatoms. The molecule has 20 heavy (non-hydrogen) atoms. The predicted molar refractivity (Wildman–Crippen MR) is 81.0 cm³/mol. The van der Waals surface area contributed by atoms with Crippen LogP contribution in [0.15, 0.2) is 24.3 Å². The molecule has 0 bridgehead atoms. The second kappa shape index (κ2) is 7.07. The van der Waals surface area contributed by atoms with Gasteiger partial charge in [0.25, 0.3) is 0 Å². The van der Waals surface area contributed by atoms with Crippen molar-refractivity contribution in [2.24, 2.45) is 5.73 Å². The molecule has 1 aromatic carbocycles. The molecule has 1 aromatic rings. The summed E-state index contributed by atoms with van der Waals surface area (Å²) in [6.45, 7) is 9.43. The largest absolute Gasteiger partial charge is 0.491 e. The van der Waals surface area contributed by atoms with E-state index >= 15 is 0 Å². The zero-order valence-electron chi connectivity index (χ0n) is 12.7. The molecule has 0 aliphatic carbocycles. The van der Waals surface area contributed by atoms with Gasteiger partial charge in [-0.2, -0.15) is 0 Å². The van der Waals surface area contributed by atoms with Crippen LogP contribution < -0.4 is 10.5 Å². The van der Waals surface area contributed by atoms with Gasteiger partial charge in [0.1, 0.15) is 5.75 Å². The Bertz CT molecular complexity index is 423. The fourth-order valence-corrected chi connectivity index (χ4v) is 2.69. The summed E-state index contributed by atoms with van der Waals surface area (Å²) in [4.78, 5) is 2.41. The number of morpholine rings is 1. The third-order valence-corrected chi connectivity index (χ3v) is 3.55. The van der Waals surface area contributed by atoms with Crippen LogP contribution in [0.2, 0.25) is 0 Å². The van der Waals surface area contributed by atoms with E-state index in [1.54, 1.807) is 0 Å². The van der Waals surface area contributed by atoms with E-state index < -0.39 is 0 Å². The van der Waals surface area contributed by atoms with E-state index in [0.29, 0.717) is 6.54 Å². The molecule has 0 amide bonds. The lowest BCUT2D eigenvalue weighted by atomic mass is 10.0. The van der Waals surface area contributed by atoms with Crippen molar-refractivity contribution in [1.29, 1.82) is 0 Å². The van der Waals surface area contributed by atoms with Crippen LogP contribution in [0.3, 0.4) is 0 Å². The molecule has 1 heterocycles. The first kappa shape index (κ1) is 15.3. The lowest BCUT2D eigenvalue weighted by Crippen LogP contribution is -2.45. The molecule has 112 valence electrons. The Balaban J connectivity index is 2.14. The summed E-state index contributed by atoms with van der Waals surface area (Å²) >= 11 is 0. The third kappa shape index (κ3) is 3.95. The monoisotopic (exact) mass is 278 g/mol. The van der Waals surface area contributed by atoms with Crippen LogP contribution in [0.25, 0.3) is 0 Å². The topological polar surface area (TPSA) is 47.7 Å². The Morgan fingerprint density at radius 3 is 2.90 bits per heavy atom. The smallest absolute Gasteiger partial charge is 0.120 e. The minimum atomic E-state index is 0.185. The molecule has 2 unspecified atom stereocenters. The minimum absolute atomic E-state index is 0.185. The van der Waals surface area contributed by atoms with Crippen molar-refractivity contribution in [3.8, 4) is 5.75 Å². The van der Waals surface area contributed by atoms with Gasteiger partial charge in [-0.05, 0) is 38.5 Å². The lowest BCUT2D eigenvalue weighted by molar-refractivity contribution is -0.0333. The average Bonchev–Trinajstić information content (AvgIpc) is 2.39. The van der Waals surface area contributed by atoms with Gasteiger partial charge in [0.2, 0.25) is 0 Å². The molecule has 2 rings (SSSR count). The van der Waals surface area contributed by atoms with Crippen LogP contribution in [0, 0.1) is 0 Å². The number of nitrogens with two attached hydrogens (primary N) is 1. The van der Waals surface area contributed by atoms with Gasteiger partial charge < -0.3 is 15.2 Å². The Hall–Kier alpha value is -1.10. The standard InChI is InChI=1S/C16H26N2O2/c1-12(2)20-15-6-4-5-14(9-15)16(10-17)18-7-8-19-13(3)11-18/h4-6,9,12-13,16H,7-8,10-11,17H2,1-3H3. The van der Waals surface area contributed by atoms with Gasteiger partial charge in [-0.1, -0.05) is 12.1 Å². The molecule has 1 fully saturated rings. The zero-order chi connectivity index (χ0) is 14.5. The molecule has 0 aromatic heterocycles. The van der Waals surface area contributed by atoms with Gasteiger partial charge in [-0.3, -0.25) is 4.90 Å². The molecular weight excluding hydrogens is 252 g/mol. The molecule has 1 aliphatic heterocycles. The average molecular weight is 278 g/mol. The van der Waals surface area contributed by atoms with Crippen LogP contribution in [0.5, 0.6) is 5.75 Å². The fourth-order valence-electron chi connectivity index (χ4n) is 2.69. The quantitative estimate of drug-likeness (QED) is 0.897. The Morgan fingerprint density at radius 2 is 2.25 bits per heavy atom. The van der Waals surface area contributed by atoms with Crippen molar-refractivity contribution in [2.45, 2.75) is 39.0 Å². The Morgan fingerprint density at radius 1 is 1.45 bits per heavy atom. The maximum Gasteiger partial charge on any atom is 0.120 e. The minimum Gasteiger partial charge on any atom is -0.491 e. The van der Waals surface area contributed by atoms with E-state index in [9.17, 15) is 0 Å². The van der Waals surface area contributed by atoms with Crippen molar-refractivity contribution in [3.05, 3.63) is 29.8 Å². The highest BCUT2D eigenvalue weighted by atomic mass is 16.5. The first-order chi connectivity index (χ1) is 9.60. The van der Waals surface area contributed by atoms with Gasteiger partial charge in [-0.15, -0.1) is 0 Å². The van der Waals surface area contributed by atoms with Crippen LogP contribution >= 0.6 is 0 Å². The van der Waals surface area contributed by atoms with Crippen LogP contribution in [0.1, 0.15) is 32.4 Å². The van der Waals surface area contributed by atoms with Gasteiger partial charge in [0.05, 0.1) is 18.8 Å². The number of nitrogens with zero attached hydrogens (tertiary/aromatic N) is 1. The summed E-state index contributed by atoms with van der Waals surface area (Å²) in [5.74, 6) is 0.914. The summed E-state index contributed by atoms with van der Waals surface area (Å²) in [5.41, 5.74) is 7.23. The SMILES string of the molecule is CC(C)Oc1cccc(C(CN)N2CCOC(C)C2)c1. The van der Waals surface area contributed by atoms with E-state index in [-0.39, 0.29) is 18.2 Å². The molecule has 0 saturated carbocycles. The summed E-state index contributed by atoms with van der Waals surface area (Å²) in [6.07, 6.45) is 0.456. The molecule has 2 N–H and O–H groups in total. The number of hydrogen-bond donors (Lipinski definition) is 1. The summed E-state index contributed by atoms with van der Waals surface area (Å²) in [6, 6.07) is 8.51. The van der Waals surface area contributed by atoms with Gasteiger partial charge in [0.15, 0.2) is 0 Å². The van der Waals surface area contributed by atoms with Gasteiger partial charge in [0, 0.05) is 25.7 Å². The van der Waals surface area contributed by atoms with E-state index in [2.05, 4.69) is 24.0 Å². The number of ether oxygens (including phenoxy) is 2. The second-order valence-corrected chi connectivity index (χ2v) is 5.67. The predicted octanol–water partition coefficient (Wildman–Crippen LogP) is 2.19. The maximum atomic E-state index is 6.01. The van der Waals surface area contributed by atoms with E-state index in [0.717, 1.165) is 25.4 Å². The third-order valence-electron chi connectivity index (χ3n) is 3.55. The van der Waals surface area contributed by atoms with E-state index in [1.165, 1.54) is 5.56 Å². The summed E-state index contributed by atoms with van der Waals surface area (Å²) < 4.78 is 11.4. The Labute approximate surface area is 121 Å². The number of hydrogen-bond acceptors (Lipinski definition) is 4. The number of benzene rings is 1. The van der Waals surface area contributed by atoms with Crippen molar-refractivity contribution < 1.29 is 9.47 Å². The van der Waals surface area contributed by atoms with Crippen LogP contribution in [-0.2, 0) is 4.74 Å². The fraction of sp³-hybridized carbons (Fsp3) is 0.625.